The molecule has 1 aliphatic rings. The summed E-state index contributed by atoms with van der Waals surface area (Å²) >= 11 is 12.3. The van der Waals surface area contributed by atoms with Gasteiger partial charge in [0.25, 0.3) is 0 Å². The first-order valence-electron chi connectivity index (χ1n) is 6.46. The topological polar surface area (TPSA) is 37.0 Å². The van der Waals surface area contributed by atoms with E-state index in [4.69, 9.17) is 23.2 Å². The molecule has 2 atom stereocenters. The first kappa shape index (κ1) is 13.8. The molecule has 0 aliphatic heterocycles. The molecule has 3 nitrogen and oxygen atoms in total. The molecule has 1 saturated carbocycles. The molecule has 1 fully saturated rings. The smallest absolute Gasteiger partial charge is 0.147 e. The minimum Gasteiger partial charge on any atom is -0.369 e. The number of aromatic nitrogens is 1. The summed E-state index contributed by atoms with van der Waals surface area (Å²) in [5.74, 6) is 2.20. The molecule has 1 aliphatic carbocycles. The third-order valence-electron chi connectivity index (χ3n) is 3.31. The van der Waals surface area contributed by atoms with Crippen molar-refractivity contribution in [2.45, 2.75) is 39.2 Å². The van der Waals surface area contributed by atoms with Gasteiger partial charge in [0.15, 0.2) is 0 Å². The van der Waals surface area contributed by atoms with Crippen molar-refractivity contribution in [3.63, 3.8) is 0 Å². The number of nitrogens with zero attached hydrogens (tertiary/aromatic N) is 1. The summed E-state index contributed by atoms with van der Waals surface area (Å²) in [6.45, 7) is 5.08. The van der Waals surface area contributed by atoms with Crippen molar-refractivity contribution in [3.8, 4) is 0 Å². The summed E-state index contributed by atoms with van der Waals surface area (Å²) in [6, 6.07) is 2.22. The highest BCUT2D eigenvalue weighted by Crippen LogP contribution is 2.32. The van der Waals surface area contributed by atoms with E-state index >= 15 is 0 Å². The Kier molecular flexibility index (Phi) is 4.57. The van der Waals surface area contributed by atoms with Crippen LogP contribution in [0.1, 0.15) is 33.1 Å². The molecule has 0 aromatic carbocycles. The van der Waals surface area contributed by atoms with Crippen molar-refractivity contribution in [2.75, 3.05) is 17.2 Å². The number of pyridine rings is 1. The van der Waals surface area contributed by atoms with Crippen LogP contribution in [0.5, 0.6) is 0 Å². The lowest BCUT2D eigenvalue weighted by atomic mass is 10.1. The van der Waals surface area contributed by atoms with Crippen LogP contribution in [-0.2, 0) is 0 Å². The van der Waals surface area contributed by atoms with E-state index in [2.05, 4.69) is 22.5 Å². The molecule has 100 valence electrons. The molecular formula is C13H19Cl2N3. The van der Waals surface area contributed by atoms with Crippen LogP contribution in [0.4, 0.5) is 11.6 Å². The lowest BCUT2D eigenvalue weighted by Gasteiger charge is -2.16. The zero-order valence-electron chi connectivity index (χ0n) is 10.8. The van der Waals surface area contributed by atoms with Crippen LogP contribution in [0.3, 0.4) is 0 Å². The largest absolute Gasteiger partial charge is 0.369 e. The Morgan fingerprint density at radius 2 is 2.00 bits per heavy atom. The summed E-state index contributed by atoms with van der Waals surface area (Å²) in [5, 5.41) is 7.71. The summed E-state index contributed by atoms with van der Waals surface area (Å²) in [4.78, 5) is 4.46. The fraction of sp³-hybridized carbons (Fsp3) is 0.615. The van der Waals surface area contributed by atoms with Gasteiger partial charge in [0.05, 0.1) is 10.0 Å². The average molecular weight is 288 g/mol. The Labute approximate surface area is 118 Å². The predicted octanol–water partition coefficient (Wildman–Crippen LogP) is 4.42. The van der Waals surface area contributed by atoms with Crippen LogP contribution in [0.25, 0.3) is 0 Å². The van der Waals surface area contributed by atoms with E-state index < -0.39 is 0 Å². The van der Waals surface area contributed by atoms with Crippen LogP contribution in [0.2, 0.25) is 10.0 Å². The summed E-state index contributed by atoms with van der Waals surface area (Å²) < 4.78 is 0. The highest BCUT2D eigenvalue weighted by atomic mass is 35.5. The fourth-order valence-corrected chi connectivity index (χ4v) is 2.87. The number of hydrogen-bond donors (Lipinski definition) is 2. The normalized spacial score (nSPS) is 23.1. The van der Waals surface area contributed by atoms with Crippen LogP contribution in [0.15, 0.2) is 6.07 Å². The molecule has 1 heterocycles. The van der Waals surface area contributed by atoms with E-state index in [1.165, 1.54) is 19.3 Å². The molecule has 1 aromatic heterocycles. The van der Waals surface area contributed by atoms with Crippen LogP contribution in [-0.4, -0.2) is 17.6 Å². The molecule has 5 heteroatoms. The van der Waals surface area contributed by atoms with Gasteiger partial charge >= 0.3 is 0 Å². The maximum atomic E-state index is 6.18. The highest BCUT2D eigenvalue weighted by Gasteiger charge is 2.22. The van der Waals surface area contributed by atoms with E-state index in [-0.39, 0.29) is 0 Å². The maximum absolute atomic E-state index is 6.18. The number of nitrogens with one attached hydrogen (secondary N) is 2. The molecule has 1 aromatic rings. The number of hydrogen-bond acceptors (Lipinski definition) is 3. The van der Waals surface area contributed by atoms with Crippen molar-refractivity contribution in [2.24, 2.45) is 5.92 Å². The van der Waals surface area contributed by atoms with Crippen molar-refractivity contribution in [1.29, 1.82) is 0 Å². The first-order valence-corrected chi connectivity index (χ1v) is 7.22. The lowest BCUT2D eigenvalue weighted by Crippen LogP contribution is -2.17. The van der Waals surface area contributed by atoms with E-state index in [0.717, 1.165) is 18.3 Å². The van der Waals surface area contributed by atoms with Crippen molar-refractivity contribution in [1.82, 2.24) is 4.98 Å². The number of halogens is 2. The zero-order valence-corrected chi connectivity index (χ0v) is 12.3. The number of rotatable bonds is 4. The third kappa shape index (κ3) is 3.21. The Bertz CT molecular complexity index is 423. The molecule has 0 radical (unpaired) electrons. The highest BCUT2D eigenvalue weighted by molar-refractivity contribution is 6.37. The molecule has 2 N–H and O–H groups in total. The van der Waals surface area contributed by atoms with E-state index in [9.17, 15) is 0 Å². The van der Waals surface area contributed by atoms with E-state index in [1.54, 1.807) is 6.07 Å². The van der Waals surface area contributed by atoms with Gasteiger partial charge in [-0.1, -0.05) is 30.1 Å². The maximum Gasteiger partial charge on any atom is 0.147 e. The standard InChI is InChI=1S/C13H19Cl2N3/c1-3-16-12-10(14)7-11(15)13(18-12)17-9-5-4-8(2)6-9/h7-9H,3-6H2,1-2H3,(H2,16,17,18). The summed E-state index contributed by atoms with van der Waals surface area (Å²) in [6.07, 6.45) is 3.62. The quantitative estimate of drug-likeness (QED) is 0.861. The summed E-state index contributed by atoms with van der Waals surface area (Å²) in [7, 11) is 0. The van der Waals surface area contributed by atoms with Crippen molar-refractivity contribution in [3.05, 3.63) is 16.1 Å². The van der Waals surface area contributed by atoms with Crippen LogP contribution >= 0.6 is 23.2 Å². The van der Waals surface area contributed by atoms with Gasteiger partial charge < -0.3 is 10.6 Å². The Hall–Kier alpha value is -0.670. The van der Waals surface area contributed by atoms with Gasteiger partial charge in [0, 0.05) is 12.6 Å². The molecule has 0 spiro atoms. The van der Waals surface area contributed by atoms with Gasteiger partial charge in [-0.25, -0.2) is 4.98 Å². The van der Waals surface area contributed by atoms with E-state index in [0.29, 0.717) is 21.9 Å². The molecule has 2 unspecified atom stereocenters. The van der Waals surface area contributed by atoms with Gasteiger partial charge in [-0.3, -0.25) is 0 Å². The van der Waals surface area contributed by atoms with Crippen molar-refractivity contribution < 1.29 is 0 Å². The Morgan fingerprint density at radius 3 is 2.61 bits per heavy atom. The second kappa shape index (κ2) is 5.98. The zero-order chi connectivity index (χ0) is 13.1. The SMILES string of the molecule is CCNc1nc(NC2CCC(C)C2)c(Cl)cc1Cl. The van der Waals surface area contributed by atoms with Gasteiger partial charge in [-0.2, -0.15) is 0 Å². The van der Waals surface area contributed by atoms with Gasteiger partial charge in [-0.05, 0) is 38.2 Å². The Morgan fingerprint density at radius 1 is 1.28 bits per heavy atom. The second-order valence-corrected chi connectivity index (χ2v) is 5.75. The Balaban J connectivity index is 2.14. The monoisotopic (exact) mass is 287 g/mol. The van der Waals surface area contributed by atoms with Gasteiger partial charge in [-0.15, -0.1) is 0 Å². The molecule has 0 amide bonds. The molecule has 0 bridgehead atoms. The van der Waals surface area contributed by atoms with E-state index in [1.807, 2.05) is 6.92 Å². The molecule has 18 heavy (non-hydrogen) atoms. The minimum atomic E-state index is 0.473. The molecule has 0 saturated heterocycles. The van der Waals surface area contributed by atoms with Gasteiger partial charge in [0.1, 0.15) is 11.6 Å². The fourth-order valence-electron chi connectivity index (χ4n) is 2.39. The third-order valence-corrected chi connectivity index (χ3v) is 3.89. The first-order chi connectivity index (χ1) is 8.60. The summed E-state index contributed by atoms with van der Waals surface area (Å²) in [5.41, 5.74) is 0. The second-order valence-electron chi connectivity index (χ2n) is 4.94. The molecular weight excluding hydrogens is 269 g/mol. The predicted molar refractivity (Wildman–Crippen MR) is 78.8 cm³/mol. The minimum absolute atomic E-state index is 0.473. The van der Waals surface area contributed by atoms with Gasteiger partial charge in [0.2, 0.25) is 0 Å². The van der Waals surface area contributed by atoms with Crippen LogP contribution < -0.4 is 10.6 Å². The average Bonchev–Trinajstić information content (AvgIpc) is 2.71. The lowest BCUT2D eigenvalue weighted by molar-refractivity contribution is 0.602. The molecule has 2 rings (SSSR count). The number of anilines is 2. The van der Waals surface area contributed by atoms with Crippen molar-refractivity contribution >= 4 is 34.8 Å². The van der Waals surface area contributed by atoms with Crippen LogP contribution in [0, 0.1) is 5.92 Å².